The van der Waals surface area contributed by atoms with Crippen LogP contribution in [0.4, 0.5) is 5.69 Å². The minimum absolute atomic E-state index is 0.000371. The van der Waals surface area contributed by atoms with Gasteiger partial charge in [0.25, 0.3) is 5.69 Å². The summed E-state index contributed by atoms with van der Waals surface area (Å²) in [6.45, 7) is 0.649. The molecule has 1 aliphatic carbocycles. The van der Waals surface area contributed by atoms with E-state index < -0.39 is 20.5 Å². The van der Waals surface area contributed by atoms with Gasteiger partial charge in [-0.25, -0.2) is 8.42 Å². The van der Waals surface area contributed by atoms with E-state index in [2.05, 4.69) is 0 Å². The first-order valence-corrected chi connectivity index (χ1v) is 10.3. The maximum Gasteiger partial charge on any atom is 0.269 e. The van der Waals surface area contributed by atoms with Crippen molar-refractivity contribution in [2.24, 2.45) is 5.73 Å². The highest BCUT2D eigenvalue weighted by molar-refractivity contribution is 7.89. The van der Waals surface area contributed by atoms with E-state index in [0.717, 1.165) is 5.56 Å². The molecule has 28 heavy (non-hydrogen) atoms. The van der Waals surface area contributed by atoms with E-state index in [1.165, 1.54) is 35.6 Å². The maximum atomic E-state index is 12.7. The van der Waals surface area contributed by atoms with Crippen LogP contribution in [0.1, 0.15) is 18.4 Å². The number of hydrogen-bond acceptors (Lipinski definition) is 6. The first-order chi connectivity index (χ1) is 13.2. The van der Waals surface area contributed by atoms with Gasteiger partial charge in [0, 0.05) is 31.3 Å². The second-order valence-corrected chi connectivity index (χ2v) is 9.25. The lowest BCUT2D eigenvalue weighted by Gasteiger charge is -2.46. The summed E-state index contributed by atoms with van der Waals surface area (Å²) in [7, 11) is -2.31. The van der Waals surface area contributed by atoms with Crippen LogP contribution in [0.15, 0.2) is 59.5 Å². The zero-order valence-corrected chi connectivity index (χ0v) is 16.3. The standard InChI is InChI=1S/C19H23N3O5S/c1-21(28(25,26)18-9-7-16(8-10-18)22(23)24)14-19(20)11-17(12-19)27-13-15-5-3-2-4-6-15/h2-10,17H,11-14,20H2,1H3. The first-order valence-electron chi connectivity index (χ1n) is 8.85. The van der Waals surface area contributed by atoms with E-state index in [0.29, 0.717) is 19.4 Å². The lowest BCUT2D eigenvalue weighted by Crippen LogP contribution is -2.61. The lowest BCUT2D eigenvalue weighted by molar-refractivity contribution is -0.384. The Balaban J connectivity index is 1.55. The van der Waals surface area contributed by atoms with Crippen molar-refractivity contribution in [1.82, 2.24) is 4.31 Å². The summed E-state index contributed by atoms with van der Waals surface area (Å²) in [6, 6.07) is 14.6. The van der Waals surface area contributed by atoms with Gasteiger partial charge in [-0.3, -0.25) is 10.1 Å². The van der Waals surface area contributed by atoms with Crippen LogP contribution in [0.25, 0.3) is 0 Å². The molecule has 0 heterocycles. The molecule has 2 aromatic carbocycles. The third-order valence-electron chi connectivity index (χ3n) is 4.89. The Kier molecular flexibility index (Phi) is 5.80. The monoisotopic (exact) mass is 405 g/mol. The number of nitrogens with two attached hydrogens (primary N) is 1. The summed E-state index contributed by atoms with van der Waals surface area (Å²) >= 11 is 0. The van der Waals surface area contributed by atoms with E-state index in [9.17, 15) is 18.5 Å². The molecule has 0 aromatic heterocycles. The Morgan fingerprint density at radius 2 is 1.79 bits per heavy atom. The molecule has 3 rings (SSSR count). The van der Waals surface area contributed by atoms with Gasteiger partial charge < -0.3 is 10.5 Å². The molecule has 0 radical (unpaired) electrons. The van der Waals surface area contributed by atoms with Crippen molar-refractivity contribution in [3.05, 3.63) is 70.3 Å². The van der Waals surface area contributed by atoms with Gasteiger partial charge in [-0.1, -0.05) is 30.3 Å². The number of nitrogens with zero attached hydrogens (tertiary/aromatic N) is 2. The van der Waals surface area contributed by atoms with Crippen molar-refractivity contribution in [1.29, 1.82) is 0 Å². The fourth-order valence-electron chi connectivity index (χ4n) is 3.33. The fraction of sp³-hybridized carbons (Fsp3) is 0.368. The summed E-state index contributed by atoms with van der Waals surface area (Å²) in [5.41, 5.74) is 6.60. The minimum Gasteiger partial charge on any atom is -0.373 e. The third kappa shape index (κ3) is 4.56. The summed E-state index contributed by atoms with van der Waals surface area (Å²) in [6.07, 6.45) is 1.14. The molecule has 1 saturated carbocycles. The molecule has 0 spiro atoms. The predicted molar refractivity (Wildman–Crippen MR) is 104 cm³/mol. The first kappa shape index (κ1) is 20.4. The van der Waals surface area contributed by atoms with Crippen molar-refractivity contribution < 1.29 is 18.1 Å². The average molecular weight is 405 g/mol. The zero-order valence-electron chi connectivity index (χ0n) is 15.5. The van der Waals surface area contributed by atoms with Crippen LogP contribution in [0.3, 0.4) is 0 Å². The number of ether oxygens (including phenoxy) is 1. The molecule has 0 atom stereocenters. The molecule has 0 bridgehead atoms. The Hall–Kier alpha value is -2.33. The minimum atomic E-state index is -3.77. The SMILES string of the molecule is CN(CC1(N)CC(OCc2ccccc2)C1)S(=O)(=O)c1ccc([N+](=O)[O-])cc1. The molecule has 2 aromatic rings. The number of non-ortho nitro benzene ring substituents is 1. The highest BCUT2D eigenvalue weighted by atomic mass is 32.2. The maximum absolute atomic E-state index is 12.7. The average Bonchev–Trinajstić information content (AvgIpc) is 2.65. The second kappa shape index (κ2) is 7.96. The van der Waals surface area contributed by atoms with E-state index in [1.54, 1.807) is 0 Å². The number of hydrogen-bond donors (Lipinski definition) is 1. The van der Waals surface area contributed by atoms with Crippen LogP contribution >= 0.6 is 0 Å². The van der Waals surface area contributed by atoms with E-state index in [1.807, 2.05) is 30.3 Å². The van der Waals surface area contributed by atoms with Gasteiger partial charge >= 0.3 is 0 Å². The Labute approximate surface area is 164 Å². The van der Waals surface area contributed by atoms with Crippen LogP contribution < -0.4 is 5.73 Å². The van der Waals surface area contributed by atoms with Gasteiger partial charge in [-0.15, -0.1) is 0 Å². The Morgan fingerprint density at radius 1 is 1.18 bits per heavy atom. The molecule has 0 unspecified atom stereocenters. The highest BCUT2D eigenvalue weighted by Gasteiger charge is 2.44. The second-order valence-electron chi connectivity index (χ2n) is 7.20. The van der Waals surface area contributed by atoms with Crippen molar-refractivity contribution in [3.8, 4) is 0 Å². The molecular formula is C19H23N3O5S. The molecular weight excluding hydrogens is 382 g/mol. The van der Waals surface area contributed by atoms with Crippen LogP contribution in [-0.2, 0) is 21.4 Å². The lowest BCUT2D eigenvalue weighted by atomic mass is 9.75. The largest absolute Gasteiger partial charge is 0.373 e. The number of nitro benzene ring substituents is 1. The van der Waals surface area contributed by atoms with Crippen LogP contribution in [0, 0.1) is 10.1 Å². The van der Waals surface area contributed by atoms with Gasteiger partial charge in [-0.2, -0.15) is 4.31 Å². The van der Waals surface area contributed by atoms with Gasteiger partial charge in [-0.05, 0) is 30.5 Å². The molecule has 0 aliphatic heterocycles. The normalized spacial score (nSPS) is 22.0. The Bertz CT molecular complexity index is 926. The van der Waals surface area contributed by atoms with E-state index >= 15 is 0 Å². The number of benzene rings is 2. The fourth-order valence-corrected chi connectivity index (χ4v) is 4.60. The quantitative estimate of drug-likeness (QED) is 0.532. The van der Waals surface area contributed by atoms with Crippen molar-refractivity contribution in [3.63, 3.8) is 0 Å². The summed E-state index contributed by atoms with van der Waals surface area (Å²) in [4.78, 5) is 10.2. The molecule has 9 heteroatoms. The van der Waals surface area contributed by atoms with E-state index in [-0.39, 0.29) is 23.2 Å². The number of sulfonamides is 1. The zero-order chi connectivity index (χ0) is 20.4. The number of rotatable bonds is 8. The van der Waals surface area contributed by atoms with Gasteiger partial charge in [0.1, 0.15) is 0 Å². The van der Waals surface area contributed by atoms with Crippen LogP contribution in [0.5, 0.6) is 0 Å². The molecule has 150 valence electrons. The molecule has 1 fully saturated rings. The molecule has 0 amide bonds. The number of likely N-dealkylation sites (N-methyl/N-ethyl adjacent to an activating group) is 1. The predicted octanol–water partition coefficient (Wildman–Crippen LogP) is 2.29. The van der Waals surface area contributed by atoms with Crippen molar-refractivity contribution in [2.45, 2.75) is 36.0 Å². The van der Waals surface area contributed by atoms with Gasteiger partial charge in [0.05, 0.1) is 22.5 Å². The molecule has 2 N–H and O–H groups in total. The third-order valence-corrected chi connectivity index (χ3v) is 6.71. The van der Waals surface area contributed by atoms with Crippen LogP contribution in [-0.4, -0.2) is 42.9 Å². The summed E-state index contributed by atoms with van der Waals surface area (Å²) < 4.78 is 32.4. The molecule has 8 nitrogen and oxygen atoms in total. The smallest absolute Gasteiger partial charge is 0.269 e. The Morgan fingerprint density at radius 3 is 2.36 bits per heavy atom. The summed E-state index contributed by atoms with van der Waals surface area (Å²) in [5.74, 6) is 0. The van der Waals surface area contributed by atoms with Crippen LogP contribution in [0.2, 0.25) is 0 Å². The topological polar surface area (TPSA) is 116 Å². The molecule has 1 aliphatic rings. The summed E-state index contributed by atoms with van der Waals surface area (Å²) in [5, 5.41) is 10.7. The highest BCUT2D eigenvalue weighted by Crippen LogP contribution is 2.34. The van der Waals surface area contributed by atoms with Gasteiger partial charge in [0.2, 0.25) is 10.0 Å². The van der Waals surface area contributed by atoms with E-state index in [4.69, 9.17) is 10.5 Å². The van der Waals surface area contributed by atoms with Gasteiger partial charge in [0.15, 0.2) is 0 Å². The van der Waals surface area contributed by atoms with Crippen molar-refractivity contribution >= 4 is 15.7 Å². The van der Waals surface area contributed by atoms with Crippen molar-refractivity contribution in [2.75, 3.05) is 13.6 Å². The number of nitro groups is 1. The molecule has 0 saturated heterocycles.